The van der Waals surface area contributed by atoms with Crippen molar-refractivity contribution in [2.24, 2.45) is 0 Å². The second kappa shape index (κ2) is 7.78. The van der Waals surface area contributed by atoms with Gasteiger partial charge in [-0.25, -0.2) is 0 Å². The highest BCUT2D eigenvalue weighted by Gasteiger charge is 2.17. The van der Waals surface area contributed by atoms with Crippen molar-refractivity contribution in [2.45, 2.75) is 39.5 Å². The number of piperazine rings is 1. The number of aliphatic hydroxyl groups is 1. The van der Waals surface area contributed by atoms with Crippen molar-refractivity contribution in [3.63, 3.8) is 0 Å². The third-order valence-electron chi connectivity index (χ3n) is 3.69. The second-order valence-corrected chi connectivity index (χ2v) is 6.24. The van der Waals surface area contributed by atoms with Gasteiger partial charge in [-0.1, -0.05) is 12.1 Å². The Kier molecular flexibility index (Phi) is 6.03. The molecule has 1 atom stereocenters. The summed E-state index contributed by atoms with van der Waals surface area (Å²) >= 11 is 0. The minimum atomic E-state index is -0.231. The fraction of sp³-hybridized carbons (Fsp3) is 0.647. The largest absolute Gasteiger partial charge is 0.491 e. The van der Waals surface area contributed by atoms with E-state index in [1.54, 1.807) is 0 Å². The molecule has 0 saturated carbocycles. The van der Waals surface area contributed by atoms with Gasteiger partial charge in [-0.3, -0.25) is 9.80 Å². The first-order valence-electron chi connectivity index (χ1n) is 7.91. The summed E-state index contributed by atoms with van der Waals surface area (Å²) in [5.41, 5.74) is 1.33. The summed E-state index contributed by atoms with van der Waals surface area (Å²) in [5.74, 6) is 0.940. The summed E-state index contributed by atoms with van der Waals surface area (Å²) in [5, 5.41) is 9.43. The van der Waals surface area contributed by atoms with E-state index in [4.69, 9.17) is 4.74 Å². The number of hydrogen-bond donors (Lipinski definition) is 1. The Labute approximate surface area is 128 Å². The van der Waals surface area contributed by atoms with Crippen LogP contribution in [0.1, 0.15) is 26.3 Å². The zero-order chi connectivity index (χ0) is 15.2. The summed E-state index contributed by atoms with van der Waals surface area (Å²) in [6.45, 7) is 11.9. The molecule has 1 aliphatic heterocycles. The molecule has 118 valence electrons. The van der Waals surface area contributed by atoms with Gasteiger partial charge in [0.1, 0.15) is 5.75 Å². The summed E-state index contributed by atoms with van der Waals surface area (Å²) < 4.78 is 5.67. The molecule has 0 aliphatic carbocycles. The van der Waals surface area contributed by atoms with Crippen LogP contribution < -0.4 is 4.74 Å². The van der Waals surface area contributed by atoms with E-state index in [9.17, 15) is 5.11 Å². The van der Waals surface area contributed by atoms with Crippen molar-refractivity contribution < 1.29 is 9.84 Å². The SMILES string of the molecule is CC(C)Oc1ccc(CN2CCN(C[C@H](C)O)CC2)cc1. The van der Waals surface area contributed by atoms with Crippen LogP contribution in [0.4, 0.5) is 0 Å². The number of rotatable bonds is 6. The Morgan fingerprint density at radius 3 is 2.10 bits per heavy atom. The van der Waals surface area contributed by atoms with E-state index in [-0.39, 0.29) is 12.2 Å². The Morgan fingerprint density at radius 1 is 1.00 bits per heavy atom. The van der Waals surface area contributed by atoms with E-state index in [0.29, 0.717) is 0 Å². The van der Waals surface area contributed by atoms with Gasteiger partial charge in [0.25, 0.3) is 0 Å². The Hall–Kier alpha value is -1.10. The highest BCUT2D eigenvalue weighted by atomic mass is 16.5. The van der Waals surface area contributed by atoms with Crippen molar-refractivity contribution in [3.05, 3.63) is 29.8 Å². The average molecular weight is 292 g/mol. The fourth-order valence-electron chi connectivity index (χ4n) is 2.71. The maximum atomic E-state index is 9.43. The molecular weight excluding hydrogens is 264 g/mol. The quantitative estimate of drug-likeness (QED) is 0.869. The van der Waals surface area contributed by atoms with Gasteiger partial charge in [0.2, 0.25) is 0 Å². The topological polar surface area (TPSA) is 35.9 Å². The van der Waals surface area contributed by atoms with Gasteiger partial charge in [0.15, 0.2) is 0 Å². The normalized spacial score (nSPS) is 18.9. The molecule has 0 aromatic heterocycles. The lowest BCUT2D eigenvalue weighted by molar-refractivity contribution is 0.0781. The van der Waals surface area contributed by atoms with Crippen LogP contribution >= 0.6 is 0 Å². The smallest absolute Gasteiger partial charge is 0.119 e. The molecular formula is C17H28N2O2. The Morgan fingerprint density at radius 2 is 1.57 bits per heavy atom. The molecule has 0 radical (unpaired) electrons. The third-order valence-corrected chi connectivity index (χ3v) is 3.69. The number of ether oxygens (including phenoxy) is 1. The third kappa shape index (κ3) is 5.65. The molecule has 4 heteroatoms. The predicted molar refractivity (Wildman–Crippen MR) is 85.6 cm³/mol. The monoisotopic (exact) mass is 292 g/mol. The van der Waals surface area contributed by atoms with Gasteiger partial charge in [0, 0.05) is 39.3 Å². The first-order chi connectivity index (χ1) is 10.0. The van der Waals surface area contributed by atoms with E-state index in [2.05, 4.69) is 34.1 Å². The van der Waals surface area contributed by atoms with E-state index in [1.807, 2.05) is 20.8 Å². The highest BCUT2D eigenvalue weighted by molar-refractivity contribution is 5.27. The van der Waals surface area contributed by atoms with Crippen molar-refractivity contribution in [1.82, 2.24) is 9.80 Å². The van der Waals surface area contributed by atoms with Crippen LogP contribution in [0.25, 0.3) is 0 Å². The molecule has 0 amide bonds. The van der Waals surface area contributed by atoms with Crippen LogP contribution in [-0.2, 0) is 6.54 Å². The lowest BCUT2D eigenvalue weighted by Gasteiger charge is -2.35. The predicted octanol–water partition coefficient (Wildman–Crippen LogP) is 1.97. The van der Waals surface area contributed by atoms with Crippen LogP contribution in [0, 0.1) is 0 Å². The van der Waals surface area contributed by atoms with Crippen LogP contribution in [0.3, 0.4) is 0 Å². The molecule has 1 fully saturated rings. The lowest BCUT2D eigenvalue weighted by Crippen LogP contribution is -2.47. The van der Waals surface area contributed by atoms with E-state index < -0.39 is 0 Å². The first kappa shape index (κ1) is 16.3. The van der Waals surface area contributed by atoms with Crippen LogP contribution in [-0.4, -0.2) is 59.8 Å². The molecule has 21 heavy (non-hydrogen) atoms. The summed E-state index contributed by atoms with van der Waals surface area (Å²) in [7, 11) is 0. The molecule has 0 unspecified atom stereocenters. The molecule has 4 nitrogen and oxygen atoms in total. The van der Waals surface area contributed by atoms with Gasteiger partial charge >= 0.3 is 0 Å². The van der Waals surface area contributed by atoms with Gasteiger partial charge in [-0.05, 0) is 38.5 Å². The van der Waals surface area contributed by atoms with Gasteiger partial charge < -0.3 is 9.84 Å². The summed E-state index contributed by atoms with van der Waals surface area (Å²) in [4.78, 5) is 4.80. The van der Waals surface area contributed by atoms with E-state index >= 15 is 0 Å². The minimum absolute atomic E-state index is 0.220. The number of benzene rings is 1. The molecule has 1 aliphatic rings. The summed E-state index contributed by atoms with van der Waals surface area (Å²) in [6.07, 6.45) is -0.0112. The van der Waals surface area contributed by atoms with Gasteiger partial charge in [0.05, 0.1) is 12.2 Å². The van der Waals surface area contributed by atoms with E-state index in [1.165, 1.54) is 5.56 Å². The van der Waals surface area contributed by atoms with Crippen molar-refractivity contribution >= 4 is 0 Å². The second-order valence-electron chi connectivity index (χ2n) is 6.24. The highest BCUT2D eigenvalue weighted by Crippen LogP contribution is 2.16. The molecule has 1 aromatic carbocycles. The Balaban J connectivity index is 1.78. The molecule has 1 aromatic rings. The molecule has 0 spiro atoms. The van der Waals surface area contributed by atoms with Crippen molar-refractivity contribution in [3.8, 4) is 5.75 Å². The molecule has 1 saturated heterocycles. The maximum Gasteiger partial charge on any atom is 0.119 e. The summed E-state index contributed by atoms with van der Waals surface area (Å²) in [6, 6.07) is 8.41. The minimum Gasteiger partial charge on any atom is -0.491 e. The van der Waals surface area contributed by atoms with Gasteiger partial charge in [-0.15, -0.1) is 0 Å². The maximum absolute atomic E-state index is 9.43. The number of nitrogens with zero attached hydrogens (tertiary/aromatic N) is 2. The van der Waals surface area contributed by atoms with Crippen LogP contribution in [0.5, 0.6) is 5.75 Å². The molecule has 1 heterocycles. The molecule has 0 bridgehead atoms. The number of β-amino-alcohol motifs (C(OH)–C–C–N with tert-alkyl or cyclic N) is 1. The number of hydrogen-bond acceptors (Lipinski definition) is 4. The zero-order valence-corrected chi connectivity index (χ0v) is 13.5. The molecule has 2 rings (SSSR count). The number of aliphatic hydroxyl groups excluding tert-OH is 1. The van der Waals surface area contributed by atoms with Gasteiger partial charge in [-0.2, -0.15) is 0 Å². The molecule has 1 N–H and O–H groups in total. The van der Waals surface area contributed by atoms with Crippen LogP contribution in [0.2, 0.25) is 0 Å². The standard InChI is InChI=1S/C17H28N2O2/c1-14(2)21-17-6-4-16(5-7-17)13-19-10-8-18(9-11-19)12-15(3)20/h4-7,14-15,20H,8-13H2,1-3H3/t15-/m0/s1. The van der Waals surface area contributed by atoms with E-state index in [0.717, 1.165) is 45.0 Å². The van der Waals surface area contributed by atoms with Crippen molar-refractivity contribution in [1.29, 1.82) is 0 Å². The average Bonchev–Trinajstić information content (AvgIpc) is 2.42. The first-order valence-corrected chi connectivity index (χ1v) is 7.91. The zero-order valence-electron chi connectivity index (χ0n) is 13.5. The lowest BCUT2D eigenvalue weighted by atomic mass is 10.2. The Bertz CT molecular complexity index is 409. The fourth-order valence-corrected chi connectivity index (χ4v) is 2.71. The van der Waals surface area contributed by atoms with Crippen LogP contribution in [0.15, 0.2) is 24.3 Å². The van der Waals surface area contributed by atoms with Crippen molar-refractivity contribution in [2.75, 3.05) is 32.7 Å².